The first-order chi connectivity index (χ1) is 19.0. The summed E-state index contributed by atoms with van der Waals surface area (Å²) in [6.07, 6.45) is 1.78. The molecule has 5 aromatic rings. The molecule has 0 unspecified atom stereocenters. The highest BCUT2D eigenvalue weighted by Crippen LogP contribution is 2.43. The zero-order valence-corrected chi connectivity index (χ0v) is 23.2. The Hall–Kier alpha value is -3.84. The number of thiocarbonyl (C=S) groups is 1. The number of aryl methyl sites for hydroxylation is 1. The Labute approximate surface area is 242 Å². The average Bonchev–Trinajstić information content (AvgIpc) is 3.57. The number of anilines is 1. The minimum absolute atomic E-state index is 0.227. The molecule has 1 saturated heterocycles. The number of ether oxygens (including phenoxy) is 1. The van der Waals surface area contributed by atoms with Gasteiger partial charge in [0.1, 0.15) is 29.1 Å². The Morgan fingerprint density at radius 1 is 0.872 bits per heavy atom. The molecule has 6 rings (SSSR count). The Kier molecular flexibility index (Phi) is 7.00. The molecule has 1 aliphatic heterocycles. The lowest BCUT2D eigenvalue weighted by Gasteiger charge is -2.26. The number of hydrogen-bond donors (Lipinski definition) is 1. The van der Waals surface area contributed by atoms with Gasteiger partial charge in [-0.15, -0.1) is 0 Å². The Balaban J connectivity index is 1.35. The molecular formula is C31H23Cl2N3O2S. The highest BCUT2D eigenvalue weighted by atomic mass is 35.5. The highest BCUT2D eigenvalue weighted by molar-refractivity contribution is 7.80. The minimum Gasteiger partial charge on any atom is -0.459 e. The number of aromatic nitrogens is 1. The number of nitrogens with one attached hydrogen (secondary N) is 1. The van der Waals surface area contributed by atoms with Gasteiger partial charge in [0, 0.05) is 17.4 Å². The Bertz CT molecular complexity index is 1620. The van der Waals surface area contributed by atoms with Crippen LogP contribution in [-0.2, 0) is 0 Å². The first-order valence-corrected chi connectivity index (χ1v) is 13.5. The second kappa shape index (κ2) is 10.7. The zero-order valence-electron chi connectivity index (χ0n) is 20.8. The van der Waals surface area contributed by atoms with Gasteiger partial charge in [-0.25, -0.2) is 0 Å². The molecule has 0 amide bonds. The summed E-state index contributed by atoms with van der Waals surface area (Å²) in [7, 11) is 0. The van der Waals surface area contributed by atoms with E-state index in [9.17, 15) is 0 Å². The van der Waals surface area contributed by atoms with Crippen molar-refractivity contribution in [3.05, 3.63) is 130 Å². The quantitative estimate of drug-likeness (QED) is 0.205. The fourth-order valence-electron chi connectivity index (χ4n) is 4.66. The molecule has 0 spiro atoms. The maximum atomic E-state index is 6.42. The maximum Gasteiger partial charge on any atom is 0.174 e. The molecule has 0 radical (unpaired) electrons. The molecule has 194 valence electrons. The predicted octanol–water partition coefficient (Wildman–Crippen LogP) is 8.93. The van der Waals surface area contributed by atoms with Crippen molar-refractivity contribution in [3.63, 3.8) is 0 Å². The standard InChI is InChI=1S/C31H23Cl2N3O2S/c1-19-5-10-22(11-6-19)37-23-12-8-21(9-13-23)36-30(29(35-31(36)39)26-4-2-3-17-34-26)28-16-15-27(38-28)20-7-14-24(32)25(33)18-20/h2-18,29-30H,1H3,(H,35,39)/t29-,30+/m0/s1. The summed E-state index contributed by atoms with van der Waals surface area (Å²) >= 11 is 18.2. The fraction of sp³-hybridized carbons (Fsp3) is 0.0968. The molecule has 3 heterocycles. The highest BCUT2D eigenvalue weighted by Gasteiger charge is 2.42. The van der Waals surface area contributed by atoms with Crippen molar-refractivity contribution >= 4 is 46.2 Å². The van der Waals surface area contributed by atoms with Gasteiger partial charge in [-0.2, -0.15) is 0 Å². The molecule has 8 heteroatoms. The predicted molar refractivity (Wildman–Crippen MR) is 160 cm³/mol. The van der Waals surface area contributed by atoms with Gasteiger partial charge in [0.2, 0.25) is 0 Å². The van der Waals surface area contributed by atoms with Crippen molar-refractivity contribution in [2.75, 3.05) is 4.90 Å². The number of benzene rings is 3. The molecule has 1 fully saturated rings. The van der Waals surface area contributed by atoms with Crippen molar-refractivity contribution in [2.45, 2.75) is 19.0 Å². The number of rotatable bonds is 6. The molecule has 3 aromatic carbocycles. The van der Waals surface area contributed by atoms with Gasteiger partial charge >= 0.3 is 0 Å². The van der Waals surface area contributed by atoms with Crippen LogP contribution in [-0.4, -0.2) is 10.1 Å². The van der Waals surface area contributed by atoms with E-state index in [1.54, 1.807) is 18.3 Å². The molecule has 2 aromatic heterocycles. The Morgan fingerprint density at radius 3 is 2.31 bits per heavy atom. The van der Waals surface area contributed by atoms with Crippen molar-refractivity contribution in [3.8, 4) is 22.8 Å². The van der Waals surface area contributed by atoms with E-state index in [0.717, 1.165) is 34.2 Å². The smallest absolute Gasteiger partial charge is 0.174 e. The van der Waals surface area contributed by atoms with Gasteiger partial charge in [0.15, 0.2) is 5.11 Å². The van der Waals surface area contributed by atoms with E-state index >= 15 is 0 Å². The molecule has 0 bridgehead atoms. The fourth-order valence-corrected chi connectivity index (χ4v) is 5.30. The lowest BCUT2D eigenvalue weighted by Crippen LogP contribution is -2.29. The van der Waals surface area contributed by atoms with E-state index in [-0.39, 0.29) is 12.1 Å². The van der Waals surface area contributed by atoms with E-state index in [4.69, 9.17) is 44.6 Å². The van der Waals surface area contributed by atoms with Crippen LogP contribution in [0.1, 0.15) is 29.1 Å². The summed E-state index contributed by atoms with van der Waals surface area (Å²) in [4.78, 5) is 6.67. The van der Waals surface area contributed by atoms with E-state index < -0.39 is 0 Å². The molecule has 39 heavy (non-hydrogen) atoms. The summed E-state index contributed by atoms with van der Waals surface area (Å²) in [5.74, 6) is 2.94. The number of furan rings is 1. The van der Waals surface area contributed by atoms with Crippen LogP contribution in [0.5, 0.6) is 11.5 Å². The number of pyridine rings is 1. The second-order valence-corrected chi connectivity index (χ2v) is 10.4. The minimum atomic E-state index is -0.284. The summed E-state index contributed by atoms with van der Waals surface area (Å²) in [5.41, 5.74) is 3.78. The summed E-state index contributed by atoms with van der Waals surface area (Å²) in [6, 6.07) is 30.5. The summed E-state index contributed by atoms with van der Waals surface area (Å²) < 4.78 is 12.5. The van der Waals surface area contributed by atoms with Crippen molar-refractivity contribution in [2.24, 2.45) is 0 Å². The summed E-state index contributed by atoms with van der Waals surface area (Å²) in [6.45, 7) is 2.05. The van der Waals surface area contributed by atoms with Crippen LogP contribution in [0, 0.1) is 6.92 Å². The van der Waals surface area contributed by atoms with Gasteiger partial charge in [-0.3, -0.25) is 4.98 Å². The van der Waals surface area contributed by atoms with E-state index in [1.165, 1.54) is 5.56 Å². The first kappa shape index (κ1) is 25.4. The first-order valence-electron chi connectivity index (χ1n) is 12.4. The van der Waals surface area contributed by atoms with Crippen molar-refractivity contribution in [1.82, 2.24) is 10.3 Å². The summed E-state index contributed by atoms with van der Waals surface area (Å²) in [5, 5.41) is 5.00. The van der Waals surface area contributed by atoms with Gasteiger partial charge in [-0.1, -0.05) is 47.0 Å². The third-order valence-corrected chi connectivity index (χ3v) is 7.65. The molecule has 2 atom stereocenters. The van der Waals surface area contributed by atoms with E-state index in [2.05, 4.69) is 15.2 Å². The van der Waals surface area contributed by atoms with Crippen LogP contribution < -0.4 is 15.0 Å². The largest absolute Gasteiger partial charge is 0.459 e. The Morgan fingerprint density at radius 2 is 1.62 bits per heavy atom. The van der Waals surface area contributed by atoms with Gasteiger partial charge in [0.25, 0.3) is 0 Å². The van der Waals surface area contributed by atoms with Gasteiger partial charge < -0.3 is 19.4 Å². The van der Waals surface area contributed by atoms with E-state index in [1.807, 2.05) is 91.9 Å². The molecule has 0 aliphatic carbocycles. The third kappa shape index (κ3) is 5.23. The topological polar surface area (TPSA) is 50.5 Å². The lowest BCUT2D eigenvalue weighted by molar-refractivity contribution is 0.439. The molecular weight excluding hydrogens is 549 g/mol. The molecule has 1 N–H and O–H groups in total. The van der Waals surface area contributed by atoms with Crippen molar-refractivity contribution < 1.29 is 9.15 Å². The number of halogens is 2. The van der Waals surface area contributed by atoms with Gasteiger partial charge in [0.05, 0.1) is 21.8 Å². The van der Waals surface area contributed by atoms with Crippen LogP contribution in [0.25, 0.3) is 11.3 Å². The maximum absolute atomic E-state index is 6.42. The third-order valence-electron chi connectivity index (χ3n) is 6.59. The van der Waals surface area contributed by atoms with E-state index in [0.29, 0.717) is 20.9 Å². The van der Waals surface area contributed by atoms with Crippen LogP contribution in [0.2, 0.25) is 10.0 Å². The SMILES string of the molecule is Cc1ccc(Oc2ccc(N3C(=S)N[C@@H](c4ccccn4)[C@H]3c3ccc(-c4ccc(Cl)c(Cl)c4)o3)cc2)cc1. The number of hydrogen-bond acceptors (Lipinski definition) is 4. The average molecular weight is 573 g/mol. The monoisotopic (exact) mass is 571 g/mol. The van der Waals surface area contributed by atoms with Crippen LogP contribution >= 0.6 is 35.4 Å². The van der Waals surface area contributed by atoms with Crippen LogP contribution in [0.15, 0.2) is 108 Å². The lowest BCUT2D eigenvalue weighted by atomic mass is 10.0. The van der Waals surface area contributed by atoms with Gasteiger partial charge in [-0.05, 0) is 98.0 Å². The normalized spacial score (nSPS) is 16.8. The molecule has 0 saturated carbocycles. The number of nitrogens with zero attached hydrogens (tertiary/aromatic N) is 2. The zero-order chi connectivity index (χ0) is 26.9. The van der Waals surface area contributed by atoms with Crippen molar-refractivity contribution in [1.29, 1.82) is 0 Å². The second-order valence-electron chi connectivity index (χ2n) is 9.24. The molecule has 5 nitrogen and oxygen atoms in total. The van der Waals surface area contributed by atoms with Crippen LogP contribution in [0.3, 0.4) is 0 Å². The van der Waals surface area contributed by atoms with Crippen LogP contribution in [0.4, 0.5) is 5.69 Å². The molecule has 1 aliphatic rings.